The van der Waals surface area contributed by atoms with Gasteiger partial charge in [-0.05, 0) is 96.6 Å². The van der Waals surface area contributed by atoms with Gasteiger partial charge in [-0.25, -0.2) is 0 Å². The first-order valence-electron chi connectivity index (χ1n) is 22.3. The molecule has 57 heavy (non-hydrogen) atoms. The van der Waals surface area contributed by atoms with Crippen molar-refractivity contribution in [3.63, 3.8) is 0 Å². The van der Waals surface area contributed by atoms with Crippen LogP contribution in [0, 0.1) is 5.41 Å². The molecule has 0 saturated heterocycles. The van der Waals surface area contributed by atoms with Gasteiger partial charge in [0.25, 0.3) is 0 Å². The third-order valence-electron chi connectivity index (χ3n) is 11.1. The number of nitrogens with one attached hydrogen (secondary N) is 2. The molecule has 2 N–H and O–H groups in total. The van der Waals surface area contributed by atoms with Crippen LogP contribution >= 0.6 is 0 Å². The third-order valence-corrected chi connectivity index (χ3v) is 11.1. The van der Waals surface area contributed by atoms with Crippen molar-refractivity contribution in [1.29, 1.82) is 0 Å². The van der Waals surface area contributed by atoms with Crippen LogP contribution in [0.3, 0.4) is 0 Å². The number of benzene rings is 2. The van der Waals surface area contributed by atoms with Crippen LogP contribution in [0.25, 0.3) is 24.3 Å². The molecule has 0 saturated carbocycles. The molecular weight excluding hydrogens is 693 g/mol. The molecule has 0 radical (unpaired) electrons. The quantitative estimate of drug-likeness (QED) is 0.0419. The highest BCUT2D eigenvalue weighted by molar-refractivity contribution is 5.96. The molecule has 0 aromatic heterocycles. The van der Waals surface area contributed by atoms with E-state index >= 15 is 0 Å². The molecule has 3 aliphatic rings. The average Bonchev–Trinajstić information content (AvgIpc) is 3.43. The summed E-state index contributed by atoms with van der Waals surface area (Å²) in [6.07, 6.45) is 39.9. The maximum absolute atomic E-state index is 3.00. The second kappa shape index (κ2) is 24.7. The van der Waals surface area contributed by atoms with Gasteiger partial charge in [0, 0.05) is 59.9 Å². The summed E-state index contributed by atoms with van der Waals surface area (Å²) < 4.78 is 2.58. The van der Waals surface area contributed by atoms with Crippen LogP contribution in [0.5, 0.6) is 0 Å². The number of nitrogens with zero attached hydrogens (tertiary/aromatic N) is 2. The Kier molecular flexibility index (Phi) is 20.5. The Morgan fingerprint density at radius 1 is 0.754 bits per heavy atom. The van der Waals surface area contributed by atoms with Crippen molar-refractivity contribution in [3.8, 4) is 0 Å². The maximum Gasteiger partial charge on any atom is 0.206 e. The van der Waals surface area contributed by atoms with Gasteiger partial charge >= 0.3 is 0 Å². The summed E-state index contributed by atoms with van der Waals surface area (Å²) >= 11 is 0. The van der Waals surface area contributed by atoms with Crippen LogP contribution in [-0.2, 0) is 5.41 Å². The van der Waals surface area contributed by atoms with Crippen molar-refractivity contribution >= 4 is 41.4 Å². The number of hydrazine groups is 1. The van der Waals surface area contributed by atoms with Gasteiger partial charge in [-0.1, -0.05) is 142 Å². The SMILES string of the molecule is C=C.CCCCCC[N+](=C(/C=C/C=C/C=C/C=C1\N(CCCC)c2ccc3c(c2C1(C)C)=CCCC=3)C(C)(C)C)c1ccc2c(c1)=CCCC=2.CCCCNNC. The lowest BCUT2D eigenvalue weighted by Crippen LogP contribution is -2.35. The van der Waals surface area contributed by atoms with E-state index in [1.807, 2.05) is 7.05 Å². The minimum atomic E-state index is -0.0340. The van der Waals surface area contributed by atoms with E-state index in [9.17, 15) is 0 Å². The number of hydrogen-bond acceptors (Lipinski definition) is 3. The third kappa shape index (κ3) is 13.5. The number of rotatable bonds is 17. The zero-order valence-corrected chi connectivity index (χ0v) is 37.7. The van der Waals surface area contributed by atoms with Gasteiger partial charge in [0.2, 0.25) is 5.69 Å². The minimum absolute atomic E-state index is 0.0144. The molecule has 0 unspecified atom stereocenters. The standard InChI is InChI=1S/C46H61N2.C5H14N2.C2H4/c1-8-10-12-22-34-47(39-31-29-36-23-18-19-25-38(36)35-39)42(45(3,4)5)27-16-14-13-15-17-28-43-46(6,7)44-40-26-21-20-24-37(40)30-32-41(44)48(43)33-11-9-2;1-3-4-5-7-6-2;1-2/h13-17,23-32,35H,8-12,18-22,33-34H2,1-7H3;6-7H,3-5H2,1-2H3;1-2H2/q+1;;. The van der Waals surface area contributed by atoms with Crippen LogP contribution in [0.15, 0.2) is 91.7 Å². The highest BCUT2D eigenvalue weighted by Crippen LogP contribution is 2.46. The zero-order valence-electron chi connectivity index (χ0n) is 37.7. The monoisotopic (exact) mass is 772 g/mol. The van der Waals surface area contributed by atoms with E-state index < -0.39 is 0 Å². The predicted molar refractivity (Wildman–Crippen MR) is 255 cm³/mol. The molecule has 1 heterocycles. The fourth-order valence-electron chi connectivity index (χ4n) is 8.10. The highest BCUT2D eigenvalue weighted by atomic mass is 15.3. The van der Waals surface area contributed by atoms with Gasteiger partial charge in [0.1, 0.15) is 6.54 Å². The Morgan fingerprint density at radius 2 is 1.39 bits per heavy atom. The second-order valence-electron chi connectivity index (χ2n) is 16.9. The van der Waals surface area contributed by atoms with E-state index in [0.717, 1.165) is 45.3 Å². The summed E-state index contributed by atoms with van der Waals surface area (Å²) in [5.41, 5.74) is 12.8. The van der Waals surface area contributed by atoms with Gasteiger partial charge in [0.15, 0.2) is 5.71 Å². The van der Waals surface area contributed by atoms with Crippen molar-refractivity contribution in [2.45, 2.75) is 138 Å². The number of hydrogen-bond donors (Lipinski definition) is 2. The lowest BCUT2D eigenvalue weighted by molar-refractivity contribution is -0.444. The minimum Gasteiger partial charge on any atom is -0.344 e. The maximum atomic E-state index is 3.00. The van der Waals surface area contributed by atoms with Crippen LogP contribution < -0.4 is 36.6 Å². The number of allylic oxidation sites excluding steroid dienone is 8. The molecule has 310 valence electrons. The first-order chi connectivity index (χ1) is 27.6. The van der Waals surface area contributed by atoms with Crippen molar-refractivity contribution in [2.75, 3.05) is 31.6 Å². The average molecular weight is 772 g/mol. The van der Waals surface area contributed by atoms with Gasteiger partial charge in [-0.2, -0.15) is 4.58 Å². The summed E-state index contributed by atoms with van der Waals surface area (Å²) in [4.78, 5) is 2.59. The normalized spacial score (nSPS) is 16.6. The molecule has 0 bridgehead atoms. The van der Waals surface area contributed by atoms with Crippen LogP contribution in [0.4, 0.5) is 11.4 Å². The van der Waals surface area contributed by atoms with Crippen molar-refractivity contribution < 1.29 is 4.58 Å². The van der Waals surface area contributed by atoms with Crippen molar-refractivity contribution in [2.24, 2.45) is 5.41 Å². The molecular formula is C53H79N4+. The predicted octanol–water partition coefficient (Wildman–Crippen LogP) is 10.6. The number of unbranched alkanes of at least 4 members (excludes halogenated alkanes) is 5. The molecule has 1 aliphatic heterocycles. The zero-order chi connectivity index (χ0) is 41.7. The van der Waals surface area contributed by atoms with Crippen LogP contribution in [0.1, 0.15) is 138 Å². The molecule has 0 fully saturated rings. The lowest BCUT2D eigenvalue weighted by atomic mass is 9.81. The summed E-state index contributed by atoms with van der Waals surface area (Å²) in [6, 6.07) is 11.8. The van der Waals surface area contributed by atoms with Crippen LogP contribution in [0.2, 0.25) is 0 Å². The fourth-order valence-corrected chi connectivity index (χ4v) is 8.10. The molecule has 2 aromatic carbocycles. The summed E-state index contributed by atoms with van der Waals surface area (Å²) in [6.45, 7) is 27.8. The van der Waals surface area contributed by atoms with Gasteiger partial charge < -0.3 is 4.90 Å². The smallest absolute Gasteiger partial charge is 0.206 e. The Labute approximate surface area is 348 Å². The molecule has 2 aromatic rings. The van der Waals surface area contributed by atoms with Crippen LogP contribution in [-0.4, -0.2) is 37.0 Å². The van der Waals surface area contributed by atoms with Crippen molar-refractivity contribution in [1.82, 2.24) is 10.9 Å². The molecule has 0 atom stereocenters. The van der Waals surface area contributed by atoms with Crippen molar-refractivity contribution in [3.05, 3.63) is 118 Å². The summed E-state index contributed by atoms with van der Waals surface area (Å²) in [5.74, 6) is 0. The first kappa shape index (κ1) is 47.4. The Morgan fingerprint density at radius 3 is 2.07 bits per heavy atom. The Balaban J connectivity index is 0.000000873. The molecule has 2 aliphatic carbocycles. The highest BCUT2D eigenvalue weighted by Gasteiger charge is 2.40. The Hall–Kier alpha value is -3.99. The summed E-state index contributed by atoms with van der Waals surface area (Å²) in [7, 11) is 1.88. The number of fused-ring (bicyclic) bond motifs is 4. The van der Waals surface area contributed by atoms with E-state index in [4.69, 9.17) is 0 Å². The molecule has 0 spiro atoms. The molecule has 5 rings (SSSR count). The van der Waals surface area contributed by atoms with E-state index in [1.54, 1.807) is 0 Å². The van der Waals surface area contributed by atoms with E-state index in [1.165, 1.54) is 101 Å². The van der Waals surface area contributed by atoms with Gasteiger partial charge in [-0.3, -0.25) is 10.9 Å². The fraction of sp³-hybridized carbons (Fsp3) is 0.491. The second-order valence-corrected chi connectivity index (χ2v) is 16.9. The van der Waals surface area contributed by atoms with Gasteiger partial charge in [0.05, 0.1) is 0 Å². The van der Waals surface area contributed by atoms with E-state index in [-0.39, 0.29) is 10.8 Å². The molecule has 0 amide bonds. The van der Waals surface area contributed by atoms with E-state index in [0.29, 0.717) is 0 Å². The summed E-state index contributed by atoms with van der Waals surface area (Å²) in [5, 5.41) is 5.62. The molecule has 4 heteroatoms. The topological polar surface area (TPSA) is 30.3 Å². The molecule has 4 nitrogen and oxygen atoms in total. The number of anilines is 1. The largest absolute Gasteiger partial charge is 0.344 e. The first-order valence-corrected chi connectivity index (χ1v) is 22.3. The lowest BCUT2D eigenvalue weighted by Gasteiger charge is -2.27. The Bertz CT molecular complexity index is 1960. The van der Waals surface area contributed by atoms with Gasteiger partial charge in [-0.15, -0.1) is 13.2 Å². The van der Waals surface area contributed by atoms with E-state index in [2.05, 4.69) is 186 Å².